The van der Waals surface area contributed by atoms with Crippen molar-refractivity contribution in [3.63, 3.8) is 0 Å². The number of hydrogen-bond donors (Lipinski definition) is 1. The van der Waals surface area contributed by atoms with Gasteiger partial charge in [0.25, 0.3) is 11.8 Å². The number of benzene rings is 3. The number of hydrogen-bond acceptors (Lipinski definition) is 6. The number of amides is 2. The first-order valence-electron chi connectivity index (χ1n) is 13.9. The number of piperidine rings is 1. The summed E-state index contributed by atoms with van der Waals surface area (Å²) in [5, 5.41) is 7.46. The number of pyridine rings is 1. The monoisotopic (exact) mass is 591 g/mol. The summed E-state index contributed by atoms with van der Waals surface area (Å²) in [7, 11) is -4.27. The Morgan fingerprint density at radius 3 is 2.17 bits per heavy atom. The summed E-state index contributed by atoms with van der Waals surface area (Å²) in [5.41, 5.74) is 1.67. The highest BCUT2D eigenvalue weighted by atomic mass is 32.2. The molecule has 0 aliphatic carbocycles. The lowest BCUT2D eigenvalue weighted by molar-refractivity contribution is 0.0644. The number of anilines is 1. The second-order valence-electron chi connectivity index (χ2n) is 11.0. The van der Waals surface area contributed by atoms with Gasteiger partial charge in [-0.1, -0.05) is 0 Å². The highest BCUT2D eigenvalue weighted by Gasteiger charge is 2.32. The molecule has 12 heteroatoms. The summed E-state index contributed by atoms with van der Waals surface area (Å²) >= 11 is 0. The number of fused-ring (bicyclic) bond motifs is 1. The van der Waals surface area contributed by atoms with Crippen molar-refractivity contribution in [1.82, 2.24) is 19.4 Å². The molecular weight excluding hydrogens is 564 g/mol. The molecule has 0 radical (unpaired) electrons. The molecule has 4 aromatic heterocycles. The van der Waals surface area contributed by atoms with Gasteiger partial charge in [-0.3, -0.25) is 9.59 Å². The molecule has 1 N–H and O–H groups in total. The summed E-state index contributed by atoms with van der Waals surface area (Å²) in [6, 6.07) is 12.0. The Balaban J connectivity index is 1.05. The van der Waals surface area contributed by atoms with E-state index in [9.17, 15) is 26.8 Å². The van der Waals surface area contributed by atoms with E-state index in [1.54, 1.807) is 24.3 Å². The third-order valence-electron chi connectivity index (χ3n) is 8.47. The summed E-state index contributed by atoms with van der Waals surface area (Å²) in [5.74, 6) is -2.36. The topological polar surface area (TPSA) is 104 Å². The normalized spacial score (nSPS) is 17.1. The van der Waals surface area contributed by atoms with Gasteiger partial charge in [0.2, 0.25) is 9.84 Å². The molecule has 0 atom stereocenters. The summed E-state index contributed by atoms with van der Waals surface area (Å²) in [6.45, 7) is 3.73. The lowest BCUT2D eigenvalue weighted by atomic mass is 10.0. The minimum atomic E-state index is -4.27. The van der Waals surface area contributed by atoms with Crippen molar-refractivity contribution in [2.75, 3.05) is 31.5 Å². The van der Waals surface area contributed by atoms with Gasteiger partial charge in [0.1, 0.15) is 11.6 Å². The number of carbonyl (C=O) groups is 2. The zero-order chi connectivity index (χ0) is 29.2. The molecule has 2 aliphatic rings. The van der Waals surface area contributed by atoms with E-state index in [0.29, 0.717) is 47.2 Å². The Morgan fingerprint density at radius 2 is 1.50 bits per heavy atom. The van der Waals surface area contributed by atoms with Crippen molar-refractivity contribution in [2.24, 2.45) is 0 Å². The molecule has 2 aromatic carbocycles. The quantitative estimate of drug-likeness (QED) is 0.314. The van der Waals surface area contributed by atoms with Crippen molar-refractivity contribution in [1.29, 1.82) is 0 Å². The molecule has 2 amide bonds. The third kappa shape index (κ3) is 4.36. The number of sulfone groups is 1. The maximum Gasteiger partial charge on any atom is 0.256 e. The maximum atomic E-state index is 13.7. The smallest absolute Gasteiger partial charge is 0.256 e. The van der Waals surface area contributed by atoms with Gasteiger partial charge in [0.15, 0.2) is 5.82 Å². The van der Waals surface area contributed by atoms with Gasteiger partial charge in [0.05, 0.1) is 26.2 Å². The number of halogens is 2. The summed E-state index contributed by atoms with van der Waals surface area (Å²) in [4.78, 5) is 29.8. The van der Waals surface area contributed by atoms with E-state index in [1.165, 1.54) is 29.5 Å². The van der Waals surface area contributed by atoms with E-state index in [4.69, 9.17) is 0 Å². The Kier molecular flexibility index (Phi) is 6.35. The van der Waals surface area contributed by atoms with Crippen LogP contribution in [0.4, 0.5) is 14.6 Å². The Bertz CT molecular complexity index is 1890. The molecule has 8 rings (SSSR count). The van der Waals surface area contributed by atoms with Gasteiger partial charge in [-0.15, -0.1) is 5.10 Å². The molecule has 6 heterocycles. The van der Waals surface area contributed by atoms with Crippen molar-refractivity contribution in [3.05, 3.63) is 77.4 Å². The zero-order valence-electron chi connectivity index (χ0n) is 22.5. The molecular formula is C30H27F2N5O4S. The van der Waals surface area contributed by atoms with Crippen LogP contribution in [0.25, 0.3) is 16.4 Å². The number of nitrogens with zero attached hydrogens (tertiary/aromatic N) is 4. The van der Waals surface area contributed by atoms with Crippen LogP contribution < -0.4 is 5.32 Å². The first-order valence-corrected chi connectivity index (χ1v) is 15.4. The van der Waals surface area contributed by atoms with E-state index in [0.717, 1.165) is 38.1 Å². The first-order chi connectivity index (χ1) is 20.2. The second-order valence-corrected chi connectivity index (χ2v) is 12.9. The molecule has 216 valence electrons. The van der Waals surface area contributed by atoms with E-state index in [2.05, 4.69) is 15.3 Å². The summed E-state index contributed by atoms with van der Waals surface area (Å²) in [6.07, 6.45) is 4.44. The van der Waals surface area contributed by atoms with Crippen molar-refractivity contribution >= 4 is 43.9 Å². The molecule has 0 spiro atoms. The lowest BCUT2D eigenvalue weighted by Crippen LogP contribution is -2.45. The van der Waals surface area contributed by atoms with Gasteiger partial charge in [-0.05, 0) is 87.3 Å². The van der Waals surface area contributed by atoms with Gasteiger partial charge >= 0.3 is 0 Å². The lowest BCUT2D eigenvalue weighted by Gasteiger charge is -2.36. The fourth-order valence-electron chi connectivity index (χ4n) is 6.29. The molecule has 0 unspecified atom stereocenters. The molecule has 2 fully saturated rings. The largest absolute Gasteiger partial charge is 0.339 e. The highest BCUT2D eigenvalue weighted by molar-refractivity contribution is 7.91. The molecule has 6 aromatic rings. The molecule has 2 aliphatic heterocycles. The van der Waals surface area contributed by atoms with Crippen LogP contribution in [0.15, 0.2) is 64.4 Å². The zero-order valence-corrected chi connectivity index (χ0v) is 23.3. The second kappa shape index (κ2) is 9.99. The molecule has 2 saturated heterocycles. The molecule has 42 heavy (non-hydrogen) atoms. The minimum absolute atomic E-state index is 0.0546. The fraction of sp³-hybridized carbons (Fsp3) is 0.300. The molecule has 0 saturated carbocycles. The van der Waals surface area contributed by atoms with Crippen LogP contribution in [0.3, 0.4) is 0 Å². The highest BCUT2D eigenvalue weighted by Crippen LogP contribution is 2.41. The van der Waals surface area contributed by atoms with Crippen LogP contribution in [-0.2, 0) is 9.84 Å². The first kappa shape index (κ1) is 26.7. The Labute approximate surface area is 240 Å². The van der Waals surface area contributed by atoms with Crippen molar-refractivity contribution < 1.29 is 26.8 Å². The van der Waals surface area contributed by atoms with Crippen LogP contribution in [0.5, 0.6) is 0 Å². The average Bonchev–Trinajstić information content (AvgIpc) is 3.74. The van der Waals surface area contributed by atoms with Gasteiger partial charge in [-0.2, -0.15) is 0 Å². The minimum Gasteiger partial charge on any atom is -0.339 e. The van der Waals surface area contributed by atoms with E-state index in [1.807, 2.05) is 4.90 Å². The SMILES string of the molecule is O=C(Nc1nn2c3ccc(S(=O)(=O)c4cc(F)cc(F)c4)c2c13)c1ccc(C(=O)N2CCC(N3CCCC3)CC2)cc1. The number of aromatic nitrogens is 2. The predicted octanol–water partition coefficient (Wildman–Crippen LogP) is 4.43. The number of rotatable bonds is 6. The Hall–Kier alpha value is -4.16. The van der Waals surface area contributed by atoms with Gasteiger partial charge < -0.3 is 15.1 Å². The van der Waals surface area contributed by atoms with E-state index < -0.39 is 32.3 Å². The van der Waals surface area contributed by atoms with Crippen molar-refractivity contribution in [2.45, 2.75) is 41.5 Å². The van der Waals surface area contributed by atoms with E-state index in [-0.39, 0.29) is 22.1 Å². The van der Waals surface area contributed by atoms with E-state index >= 15 is 0 Å². The van der Waals surface area contributed by atoms with Crippen molar-refractivity contribution in [3.8, 4) is 0 Å². The average molecular weight is 592 g/mol. The van der Waals surface area contributed by atoms with Crippen LogP contribution in [0.2, 0.25) is 0 Å². The number of likely N-dealkylation sites (tertiary alicyclic amines) is 2. The van der Waals surface area contributed by atoms with Gasteiger partial charge in [0, 0.05) is 36.3 Å². The third-order valence-corrected chi connectivity index (χ3v) is 10.2. The van der Waals surface area contributed by atoms with Crippen LogP contribution in [-0.4, -0.2) is 71.9 Å². The predicted molar refractivity (Wildman–Crippen MR) is 151 cm³/mol. The fourth-order valence-corrected chi connectivity index (χ4v) is 7.76. The van der Waals surface area contributed by atoms with Crippen LogP contribution in [0, 0.1) is 11.6 Å². The maximum absolute atomic E-state index is 13.7. The van der Waals surface area contributed by atoms with Crippen LogP contribution in [0.1, 0.15) is 46.4 Å². The number of carbonyl (C=O) groups excluding carboxylic acids is 2. The molecule has 9 nitrogen and oxygen atoms in total. The molecule has 4 bridgehead atoms. The number of nitrogens with one attached hydrogen (secondary N) is 1. The Morgan fingerprint density at radius 1 is 0.857 bits per heavy atom. The standard InChI is InChI=1S/C30H27F2N5O4S/c31-20-15-21(32)17-23(16-20)42(40,41)25-8-7-24-26-27(25)37(24)34-28(26)33-29(38)18-3-5-19(6-4-18)30(39)36-13-9-22(10-14-36)35-11-1-2-12-35/h3-8,15-17,22H,1-2,9-14H2,(H,33,34,38). The summed E-state index contributed by atoms with van der Waals surface area (Å²) < 4.78 is 55.3. The van der Waals surface area contributed by atoms with Gasteiger partial charge in [-0.25, -0.2) is 21.7 Å². The van der Waals surface area contributed by atoms with Crippen LogP contribution >= 0.6 is 0 Å².